The first-order valence-corrected chi connectivity index (χ1v) is 4.34. The fourth-order valence-corrected chi connectivity index (χ4v) is 1.28. The van der Waals surface area contributed by atoms with Gasteiger partial charge in [-0.1, -0.05) is 11.6 Å². The first-order chi connectivity index (χ1) is 6.86. The summed E-state index contributed by atoms with van der Waals surface area (Å²) in [6.07, 6.45) is -4.61. The maximum atomic E-state index is 12.5. The average Bonchev–Trinajstić information content (AvgIpc) is 2.15. The number of Topliss-reactive ketones (excluding diaryl/α,β-unsaturated/α-hetero) is 1. The van der Waals surface area contributed by atoms with Gasteiger partial charge in [-0.15, -0.1) is 0 Å². The van der Waals surface area contributed by atoms with Crippen molar-refractivity contribution < 1.29 is 18.0 Å². The van der Waals surface area contributed by atoms with Crippen molar-refractivity contribution in [1.82, 2.24) is 0 Å². The topological polar surface area (TPSA) is 43.1 Å². The Hall–Kier alpha value is -1.07. The fraction of sp³-hybridized carbons (Fsp3) is 0.222. The van der Waals surface area contributed by atoms with E-state index in [1.807, 2.05) is 0 Å². The molecule has 0 fully saturated rings. The van der Waals surface area contributed by atoms with Crippen LogP contribution in [0.25, 0.3) is 0 Å². The smallest absolute Gasteiger partial charge is 0.324 e. The molecule has 0 aromatic heterocycles. The molecule has 15 heavy (non-hydrogen) atoms. The number of alkyl halides is 3. The van der Waals surface area contributed by atoms with Crippen LogP contribution in [0, 0.1) is 0 Å². The molecule has 0 saturated carbocycles. The van der Waals surface area contributed by atoms with E-state index in [1.54, 1.807) is 0 Å². The minimum Gasteiger partial charge on any atom is -0.324 e. The van der Waals surface area contributed by atoms with E-state index in [9.17, 15) is 18.0 Å². The summed E-state index contributed by atoms with van der Waals surface area (Å²) in [6.45, 7) is -0.468. The summed E-state index contributed by atoms with van der Waals surface area (Å²) in [6, 6.07) is 2.96. The second-order valence-corrected chi connectivity index (χ2v) is 3.25. The number of carbonyl (C=O) groups is 1. The molecule has 2 N–H and O–H groups in total. The molecule has 6 heteroatoms. The molecule has 1 aromatic rings. The van der Waals surface area contributed by atoms with Crippen molar-refractivity contribution in [2.45, 2.75) is 6.18 Å². The number of benzene rings is 1. The highest BCUT2D eigenvalue weighted by Crippen LogP contribution is 2.33. The van der Waals surface area contributed by atoms with Gasteiger partial charge in [-0.05, 0) is 18.2 Å². The van der Waals surface area contributed by atoms with Crippen molar-refractivity contribution in [2.24, 2.45) is 5.73 Å². The molecule has 0 amide bonds. The molecule has 82 valence electrons. The van der Waals surface area contributed by atoms with Crippen molar-refractivity contribution in [2.75, 3.05) is 6.54 Å². The molecule has 0 aliphatic carbocycles. The number of hydrogen-bond donors (Lipinski definition) is 1. The summed E-state index contributed by atoms with van der Waals surface area (Å²) in [4.78, 5) is 11.1. The standard InChI is InChI=1S/C9H7ClF3NO/c10-5-1-2-6(8(15)4-14)7(3-5)9(11,12)13/h1-3H,4,14H2. The van der Waals surface area contributed by atoms with Crippen molar-refractivity contribution in [1.29, 1.82) is 0 Å². The van der Waals surface area contributed by atoms with Crippen LogP contribution in [0.15, 0.2) is 18.2 Å². The zero-order valence-corrected chi connectivity index (χ0v) is 8.19. The molecule has 0 heterocycles. The van der Waals surface area contributed by atoms with Gasteiger partial charge in [-0.2, -0.15) is 13.2 Å². The lowest BCUT2D eigenvalue weighted by atomic mass is 10.0. The molecular formula is C9H7ClF3NO. The summed E-state index contributed by atoms with van der Waals surface area (Å²) in [5.74, 6) is -0.765. The molecular weight excluding hydrogens is 231 g/mol. The molecule has 1 rings (SSSR count). The third-order valence-electron chi connectivity index (χ3n) is 1.77. The number of hydrogen-bond acceptors (Lipinski definition) is 2. The molecule has 0 unspecified atom stereocenters. The van der Waals surface area contributed by atoms with Crippen LogP contribution in [0.4, 0.5) is 13.2 Å². The van der Waals surface area contributed by atoms with E-state index in [0.717, 1.165) is 6.07 Å². The summed E-state index contributed by atoms with van der Waals surface area (Å²) < 4.78 is 37.4. The molecule has 2 nitrogen and oxygen atoms in total. The summed E-state index contributed by atoms with van der Waals surface area (Å²) in [5.41, 5.74) is 3.50. The Bertz CT molecular complexity index is 389. The highest BCUT2D eigenvalue weighted by molar-refractivity contribution is 6.30. The second-order valence-electron chi connectivity index (χ2n) is 2.81. The highest BCUT2D eigenvalue weighted by atomic mass is 35.5. The van der Waals surface area contributed by atoms with Gasteiger partial charge in [-0.25, -0.2) is 0 Å². The lowest BCUT2D eigenvalue weighted by Crippen LogP contribution is -2.19. The van der Waals surface area contributed by atoms with Crippen LogP contribution in [-0.2, 0) is 6.18 Å². The number of carbonyl (C=O) groups excluding carboxylic acids is 1. The van der Waals surface area contributed by atoms with Crippen LogP contribution in [-0.4, -0.2) is 12.3 Å². The van der Waals surface area contributed by atoms with Crippen LogP contribution in [0.5, 0.6) is 0 Å². The van der Waals surface area contributed by atoms with E-state index in [0.29, 0.717) is 6.07 Å². The molecule has 0 bridgehead atoms. The van der Waals surface area contributed by atoms with E-state index in [-0.39, 0.29) is 5.02 Å². The minimum atomic E-state index is -4.61. The third kappa shape index (κ3) is 2.70. The zero-order valence-electron chi connectivity index (χ0n) is 7.44. The Morgan fingerprint density at radius 2 is 2.00 bits per heavy atom. The minimum absolute atomic E-state index is 0.0732. The first kappa shape index (κ1) is 12.0. The zero-order chi connectivity index (χ0) is 11.6. The van der Waals surface area contributed by atoms with E-state index in [1.165, 1.54) is 6.07 Å². The molecule has 0 aliphatic heterocycles. The predicted octanol–water partition coefficient (Wildman–Crippen LogP) is 2.50. The number of nitrogens with two attached hydrogens (primary N) is 1. The number of rotatable bonds is 2. The lowest BCUT2D eigenvalue weighted by Gasteiger charge is -2.11. The maximum absolute atomic E-state index is 12.5. The SMILES string of the molecule is NCC(=O)c1ccc(Cl)cc1C(F)(F)F. The monoisotopic (exact) mass is 237 g/mol. The number of halogens is 4. The first-order valence-electron chi connectivity index (χ1n) is 3.96. The molecule has 0 atom stereocenters. The molecule has 0 saturated heterocycles. The van der Waals surface area contributed by atoms with Crippen LogP contribution in [0.1, 0.15) is 15.9 Å². The van der Waals surface area contributed by atoms with Crippen molar-refractivity contribution in [3.8, 4) is 0 Å². The van der Waals surface area contributed by atoms with Gasteiger partial charge in [0.25, 0.3) is 0 Å². The van der Waals surface area contributed by atoms with Crippen LogP contribution in [0.3, 0.4) is 0 Å². The van der Waals surface area contributed by atoms with Gasteiger partial charge in [-0.3, -0.25) is 4.79 Å². The van der Waals surface area contributed by atoms with Crippen molar-refractivity contribution in [3.63, 3.8) is 0 Å². The van der Waals surface area contributed by atoms with Gasteiger partial charge in [0.15, 0.2) is 5.78 Å². The summed E-state index contributed by atoms with van der Waals surface area (Å²) >= 11 is 5.43. The Morgan fingerprint density at radius 3 is 2.47 bits per heavy atom. The quantitative estimate of drug-likeness (QED) is 0.803. The van der Waals surface area contributed by atoms with E-state index >= 15 is 0 Å². The maximum Gasteiger partial charge on any atom is 0.417 e. The predicted molar refractivity (Wildman–Crippen MR) is 49.8 cm³/mol. The van der Waals surface area contributed by atoms with Crippen LogP contribution in [0.2, 0.25) is 5.02 Å². The van der Waals surface area contributed by atoms with Gasteiger partial charge < -0.3 is 5.73 Å². The Kier molecular flexibility index (Phi) is 3.36. The third-order valence-corrected chi connectivity index (χ3v) is 2.01. The van der Waals surface area contributed by atoms with Gasteiger partial charge in [0.2, 0.25) is 0 Å². The molecule has 1 aromatic carbocycles. The fourth-order valence-electron chi connectivity index (χ4n) is 1.10. The van der Waals surface area contributed by atoms with E-state index < -0.39 is 29.6 Å². The van der Waals surface area contributed by atoms with Gasteiger partial charge in [0.05, 0.1) is 12.1 Å². The Labute approximate surface area is 88.8 Å². The Morgan fingerprint density at radius 1 is 1.40 bits per heavy atom. The summed E-state index contributed by atoms with van der Waals surface area (Å²) in [7, 11) is 0. The highest BCUT2D eigenvalue weighted by Gasteiger charge is 2.34. The molecule has 0 aliphatic rings. The van der Waals surface area contributed by atoms with Crippen LogP contribution < -0.4 is 5.73 Å². The molecule has 0 radical (unpaired) electrons. The lowest BCUT2D eigenvalue weighted by molar-refractivity contribution is -0.137. The normalized spacial score (nSPS) is 11.5. The Balaban J connectivity index is 3.33. The van der Waals surface area contributed by atoms with E-state index in [4.69, 9.17) is 17.3 Å². The largest absolute Gasteiger partial charge is 0.417 e. The van der Waals surface area contributed by atoms with Crippen LogP contribution >= 0.6 is 11.6 Å². The van der Waals surface area contributed by atoms with Gasteiger partial charge in [0.1, 0.15) is 0 Å². The van der Waals surface area contributed by atoms with Crippen molar-refractivity contribution >= 4 is 17.4 Å². The van der Waals surface area contributed by atoms with Gasteiger partial charge in [0, 0.05) is 10.6 Å². The van der Waals surface area contributed by atoms with E-state index in [2.05, 4.69) is 0 Å². The number of ketones is 1. The van der Waals surface area contributed by atoms with Crippen molar-refractivity contribution in [3.05, 3.63) is 34.3 Å². The van der Waals surface area contributed by atoms with Gasteiger partial charge >= 0.3 is 6.18 Å². The average molecular weight is 238 g/mol. The second kappa shape index (κ2) is 4.20. The summed E-state index contributed by atoms with van der Waals surface area (Å²) in [5, 5.41) is -0.0732. The molecule has 0 spiro atoms.